The largest absolute Gasteiger partial charge is 0.457 e. The molecule has 25 heavy (non-hydrogen) atoms. The number of hydrogen-bond acceptors (Lipinski definition) is 3. The van der Waals surface area contributed by atoms with Gasteiger partial charge in [0.15, 0.2) is 0 Å². The van der Waals surface area contributed by atoms with Crippen molar-refractivity contribution in [2.45, 2.75) is 6.61 Å². The van der Waals surface area contributed by atoms with Crippen molar-refractivity contribution in [1.82, 2.24) is 0 Å². The minimum Gasteiger partial charge on any atom is -0.457 e. The van der Waals surface area contributed by atoms with Crippen molar-refractivity contribution >= 4 is 29.0 Å². The molecule has 0 fully saturated rings. The molecule has 0 aliphatic rings. The number of thiophene rings is 1. The van der Waals surface area contributed by atoms with E-state index >= 15 is 0 Å². The van der Waals surface area contributed by atoms with Crippen molar-refractivity contribution in [3.8, 4) is 0 Å². The summed E-state index contributed by atoms with van der Waals surface area (Å²) in [5, 5.41) is 1.85. The zero-order chi connectivity index (χ0) is 17.6. The van der Waals surface area contributed by atoms with Gasteiger partial charge in [0.05, 0.1) is 5.57 Å². The van der Waals surface area contributed by atoms with Gasteiger partial charge in [-0.05, 0) is 41.3 Å². The Morgan fingerprint density at radius 3 is 2.44 bits per heavy atom. The highest BCUT2D eigenvalue weighted by Gasteiger charge is 2.16. The van der Waals surface area contributed by atoms with Gasteiger partial charge in [0.25, 0.3) is 0 Å². The Morgan fingerprint density at radius 2 is 1.76 bits per heavy atom. The molecule has 5 heteroatoms. The van der Waals surface area contributed by atoms with E-state index in [1.165, 1.54) is 29.5 Å². The van der Waals surface area contributed by atoms with Crippen LogP contribution in [0, 0.1) is 11.6 Å². The van der Waals surface area contributed by atoms with E-state index in [1.54, 1.807) is 42.5 Å². The molecule has 0 N–H and O–H groups in total. The Morgan fingerprint density at radius 1 is 1.00 bits per heavy atom. The molecule has 0 aliphatic heterocycles. The molecule has 2 nitrogen and oxygen atoms in total. The van der Waals surface area contributed by atoms with Crippen LogP contribution in [0.15, 0.2) is 66.0 Å². The maximum atomic E-state index is 13.7. The van der Waals surface area contributed by atoms with Crippen LogP contribution >= 0.6 is 11.3 Å². The lowest BCUT2D eigenvalue weighted by atomic mass is 10.1. The summed E-state index contributed by atoms with van der Waals surface area (Å²) in [4.78, 5) is 13.2. The predicted octanol–water partition coefficient (Wildman–Crippen LogP) is 5.31. The molecular weight excluding hydrogens is 342 g/mol. The van der Waals surface area contributed by atoms with Crippen LogP contribution in [-0.4, -0.2) is 5.97 Å². The summed E-state index contributed by atoms with van der Waals surface area (Å²) < 4.78 is 32.0. The lowest BCUT2D eigenvalue weighted by molar-refractivity contribution is -0.137. The molecule has 3 rings (SSSR count). The van der Waals surface area contributed by atoms with Crippen LogP contribution in [0.1, 0.15) is 16.0 Å². The summed E-state index contributed by atoms with van der Waals surface area (Å²) in [7, 11) is 0. The summed E-state index contributed by atoms with van der Waals surface area (Å²) in [6, 6.07) is 15.6. The third-order valence-electron chi connectivity index (χ3n) is 3.50. The van der Waals surface area contributed by atoms with Crippen molar-refractivity contribution < 1.29 is 18.3 Å². The van der Waals surface area contributed by atoms with Gasteiger partial charge in [-0.3, -0.25) is 0 Å². The van der Waals surface area contributed by atoms with Gasteiger partial charge in [0, 0.05) is 10.4 Å². The molecule has 3 aromatic rings. The second-order valence-electron chi connectivity index (χ2n) is 5.25. The number of esters is 1. The number of halogens is 2. The molecule has 1 aromatic heterocycles. The Bertz CT molecular complexity index is 884. The molecule has 0 aliphatic carbocycles. The van der Waals surface area contributed by atoms with Gasteiger partial charge in [0.2, 0.25) is 0 Å². The molecule has 0 radical (unpaired) electrons. The average molecular weight is 356 g/mol. The van der Waals surface area contributed by atoms with Gasteiger partial charge in [-0.25, -0.2) is 13.6 Å². The molecule has 0 amide bonds. The van der Waals surface area contributed by atoms with Crippen LogP contribution in [0.4, 0.5) is 8.78 Å². The normalized spacial score (nSPS) is 11.4. The lowest BCUT2D eigenvalue weighted by Gasteiger charge is -2.08. The smallest absolute Gasteiger partial charge is 0.339 e. The molecule has 0 saturated carbocycles. The van der Waals surface area contributed by atoms with E-state index < -0.39 is 11.8 Å². The van der Waals surface area contributed by atoms with E-state index in [1.807, 2.05) is 11.4 Å². The van der Waals surface area contributed by atoms with Crippen LogP contribution in [0.3, 0.4) is 0 Å². The Labute approximate surface area is 148 Å². The maximum absolute atomic E-state index is 13.7. The zero-order valence-electron chi connectivity index (χ0n) is 13.1. The number of hydrogen-bond donors (Lipinski definition) is 0. The summed E-state index contributed by atoms with van der Waals surface area (Å²) >= 11 is 1.39. The van der Waals surface area contributed by atoms with Crippen molar-refractivity contribution in [2.75, 3.05) is 0 Å². The second-order valence-corrected chi connectivity index (χ2v) is 6.20. The molecule has 126 valence electrons. The molecule has 0 unspecified atom stereocenters. The van der Waals surface area contributed by atoms with Gasteiger partial charge >= 0.3 is 5.97 Å². The van der Waals surface area contributed by atoms with Gasteiger partial charge in [-0.1, -0.05) is 36.4 Å². The van der Waals surface area contributed by atoms with Crippen molar-refractivity contribution in [1.29, 1.82) is 0 Å². The van der Waals surface area contributed by atoms with Gasteiger partial charge < -0.3 is 4.74 Å². The number of carbonyl (C=O) groups is 1. The number of ether oxygens (including phenoxy) is 1. The highest BCUT2D eigenvalue weighted by Crippen LogP contribution is 2.25. The van der Waals surface area contributed by atoms with Crippen molar-refractivity contribution in [3.05, 3.63) is 93.7 Å². The number of benzene rings is 2. The SMILES string of the molecule is O=C(OCc1ccccc1F)C(=Cc1ccc(F)cc1)c1cccs1. The van der Waals surface area contributed by atoms with E-state index in [0.717, 1.165) is 4.88 Å². The molecule has 0 saturated heterocycles. The van der Waals surface area contributed by atoms with Crippen LogP contribution in [0.2, 0.25) is 0 Å². The summed E-state index contributed by atoms with van der Waals surface area (Å²) in [6.45, 7) is -0.155. The van der Waals surface area contributed by atoms with Gasteiger partial charge in [0.1, 0.15) is 18.2 Å². The van der Waals surface area contributed by atoms with Crippen molar-refractivity contribution in [3.63, 3.8) is 0 Å². The Balaban J connectivity index is 1.83. The first kappa shape index (κ1) is 17.0. The monoisotopic (exact) mass is 356 g/mol. The Kier molecular flexibility index (Phi) is 5.36. The van der Waals surface area contributed by atoms with E-state index in [4.69, 9.17) is 4.74 Å². The highest BCUT2D eigenvalue weighted by atomic mass is 32.1. The first-order valence-corrected chi connectivity index (χ1v) is 8.43. The lowest BCUT2D eigenvalue weighted by Crippen LogP contribution is -2.07. The second kappa shape index (κ2) is 7.85. The molecule has 0 atom stereocenters. The quantitative estimate of drug-likeness (QED) is 0.457. The number of rotatable bonds is 5. The number of carbonyl (C=O) groups excluding carboxylic acids is 1. The van der Waals surface area contributed by atoms with Crippen molar-refractivity contribution in [2.24, 2.45) is 0 Å². The topological polar surface area (TPSA) is 26.3 Å². The minimum absolute atomic E-state index is 0.155. The minimum atomic E-state index is -0.560. The predicted molar refractivity (Wildman–Crippen MR) is 94.8 cm³/mol. The van der Waals surface area contributed by atoms with Crippen LogP contribution in [0.5, 0.6) is 0 Å². The van der Waals surface area contributed by atoms with Gasteiger partial charge in [-0.15, -0.1) is 11.3 Å². The first-order chi connectivity index (χ1) is 12.1. The first-order valence-electron chi connectivity index (χ1n) is 7.55. The molecule has 0 bridgehead atoms. The Hall–Kier alpha value is -2.79. The molecule has 1 heterocycles. The highest BCUT2D eigenvalue weighted by molar-refractivity contribution is 7.11. The van der Waals surface area contributed by atoms with Gasteiger partial charge in [-0.2, -0.15) is 0 Å². The van der Waals surface area contributed by atoms with E-state index in [-0.39, 0.29) is 12.4 Å². The van der Waals surface area contributed by atoms with E-state index in [0.29, 0.717) is 16.7 Å². The van der Waals surface area contributed by atoms with Crippen LogP contribution in [-0.2, 0) is 16.1 Å². The molecule has 0 spiro atoms. The summed E-state index contributed by atoms with van der Waals surface area (Å²) in [5.74, 6) is -1.33. The summed E-state index contributed by atoms with van der Waals surface area (Å²) in [6.07, 6.45) is 1.63. The fourth-order valence-electron chi connectivity index (χ4n) is 2.22. The molecular formula is C20H14F2O2S. The maximum Gasteiger partial charge on any atom is 0.339 e. The summed E-state index contributed by atoms with van der Waals surface area (Å²) in [5.41, 5.74) is 1.33. The van der Waals surface area contributed by atoms with Crippen LogP contribution < -0.4 is 0 Å². The fourth-order valence-corrected chi connectivity index (χ4v) is 2.95. The third kappa shape index (κ3) is 4.39. The standard InChI is InChI=1S/C20H14F2O2S/c21-16-9-7-14(8-10-16)12-17(19-6-3-11-25-19)20(23)24-13-15-4-1-2-5-18(15)22/h1-12H,13H2. The zero-order valence-corrected chi connectivity index (χ0v) is 13.9. The van der Waals surface area contributed by atoms with Crippen LogP contribution in [0.25, 0.3) is 11.6 Å². The third-order valence-corrected chi connectivity index (χ3v) is 4.41. The molecule has 2 aromatic carbocycles. The van der Waals surface area contributed by atoms with E-state index in [9.17, 15) is 13.6 Å². The average Bonchev–Trinajstić information content (AvgIpc) is 3.14. The van der Waals surface area contributed by atoms with E-state index in [2.05, 4.69) is 0 Å². The fraction of sp³-hybridized carbons (Fsp3) is 0.0500.